The molecule has 4 N–H and O–H groups in total. The number of fused-ring (bicyclic) bond motifs is 1. The van der Waals surface area contributed by atoms with Gasteiger partial charge in [-0.2, -0.15) is 9.61 Å². The van der Waals surface area contributed by atoms with Crippen LogP contribution in [0, 0.1) is 0 Å². The van der Waals surface area contributed by atoms with Crippen LogP contribution in [0.4, 0.5) is 17.3 Å². The van der Waals surface area contributed by atoms with E-state index < -0.39 is 0 Å². The molecule has 34 heavy (non-hydrogen) atoms. The van der Waals surface area contributed by atoms with E-state index in [-0.39, 0.29) is 17.3 Å². The monoisotopic (exact) mass is 483 g/mol. The van der Waals surface area contributed by atoms with Gasteiger partial charge in [-0.15, -0.1) is 11.6 Å². The fourth-order valence-corrected chi connectivity index (χ4v) is 4.26. The number of benzene rings is 1. The zero-order valence-electron chi connectivity index (χ0n) is 20.3. The largest absolute Gasteiger partial charge is 0.366 e. The molecule has 8 nitrogen and oxygen atoms in total. The molecule has 3 heterocycles. The number of anilines is 3. The van der Waals surface area contributed by atoms with Gasteiger partial charge in [0.05, 0.1) is 6.20 Å². The summed E-state index contributed by atoms with van der Waals surface area (Å²) in [4.78, 5) is 16.5. The number of nitrogens with one attached hydrogen (secondary N) is 4. The van der Waals surface area contributed by atoms with Gasteiger partial charge in [0.1, 0.15) is 17.5 Å². The summed E-state index contributed by atoms with van der Waals surface area (Å²) in [5.41, 5.74) is 3.90. The Balaban J connectivity index is 1.56. The van der Waals surface area contributed by atoms with E-state index in [0.29, 0.717) is 18.5 Å². The van der Waals surface area contributed by atoms with E-state index in [1.54, 1.807) is 0 Å². The van der Waals surface area contributed by atoms with Gasteiger partial charge in [0, 0.05) is 42.0 Å². The highest BCUT2D eigenvalue weighted by atomic mass is 35.5. The first-order chi connectivity index (χ1) is 16.2. The topological polar surface area (TPSA) is 95.4 Å². The first-order valence-corrected chi connectivity index (χ1v) is 12.4. The van der Waals surface area contributed by atoms with Crippen molar-refractivity contribution >= 4 is 40.5 Å². The number of piperidine rings is 1. The van der Waals surface area contributed by atoms with E-state index in [0.717, 1.165) is 53.5 Å². The molecule has 1 aliphatic rings. The molecule has 0 aliphatic carbocycles. The number of amides is 1. The maximum absolute atomic E-state index is 11.6. The number of carbonyl (C=O) groups is 1. The molecule has 2 aromatic heterocycles. The molecule has 1 atom stereocenters. The third-order valence-corrected chi connectivity index (χ3v) is 6.47. The van der Waals surface area contributed by atoms with E-state index in [1.807, 2.05) is 41.0 Å². The minimum Gasteiger partial charge on any atom is -0.366 e. The zero-order valence-corrected chi connectivity index (χ0v) is 21.0. The van der Waals surface area contributed by atoms with E-state index in [1.165, 1.54) is 0 Å². The van der Waals surface area contributed by atoms with Crippen LogP contribution in [0.25, 0.3) is 5.65 Å². The highest BCUT2D eigenvalue weighted by molar-refractivity contribution is 6.29. The number of nitrogens with zero attached hydrogens (tertiary/aromatic N) is 3. The summed E-state index contributed by atoms with van der Waals surface area (Å²) in [5, 5.41) is 18.1. The van der Waals surface area contributed by atoms with E-state index in [4.69, 9.17) is 16.6 Å². The summed E-state index contributed by atoms with van der Waals surface area (Å²) in [6.07, 6.45) is 4.10. The van der Waals surface area contributed by atoms with Gasteiger partial charge >= 0.3 is 0 Å². The van der Waals surface area contributed by atoms with Gasteiger partial charge in [-0.05, 0) is 50.3 Å². The van der Waals surface area contributed by atoms with Crippen LogP contribution in [0.3, 0.4) is 0 Å². The number of hydrogen-bond acceptors (Lipinski definition) is 6. The smallest absolute Gasteiger partial charge is 0.239 e. The van der Waals surface area contributed by atoms with Crippen LogP contribution < -0.4 is 21.3 Å². The molecular formula is C25H34ClN7O. The molecule has 1 unspecified atom stereocenters. The number of halogens is 1. The Morgan fingerprint density at radius 3 is 2.85 bits per heavy atom. The fourth-order valence-electron chi connectivity index (χ4n) is 4.19. The maximum atomic E-state index is 11.6. The molecule has 182 valence electrons. The number of carbonyl (C=O) groups excluding carboxylic acids is 1. The van der Waals surface area contributed by atoms with Crippen molar-refractivity contribution in [1.82, 2.24) is 19.9 Å². The SMILES string of the molecule is CC(C)c1cnn2c(NCc3cccc(NC(=O)CCl)c3)cc(NC3CCC(C)(C)NC3)nc12. The van der Waals surface area contributed by atoms with Crippen molar-refractivity contribution in [1.29, 1.82) is 0 Å². The lowest BCUT2D eigenvalue weighted by atomic mass is 9.91. The van der Waals surface area contributed by atoms with E-state index in [2.05, 4.69) is 54.1 Å². The molecule has 4 rings (SSSR count). The summed E-state index contributed by atoms with van der Waals surface area (Å²) in [7, 11) is 0. The minimum atomic E-state index is -0.225. The third-order valence-electron chi connectivity index (χ3n) is 6.22. The van der Waals surface area contributed by atoms with Crippen LogP contribution in [0.2, 0.25) is 0 Å². The van der Waals surface area contributed by atoms with Crippen LogP contribution in [0.5, 0.6) is 0 Å². The molecule has 1 saturated heterocycles. The fraction of sp³-hybridized carbons (Fsp3) is 0.480. The molecule has 0 bridgehead atoms. The summed E-state index contributed by atoms with van der Waals surface area (Å²) < 4.78 is 1.86. The first-order valence-electron chi connectivity index (χ1n) is 11.8. The second-order valence-corrected chi connectivity index (χ2v) is 10.2. The van der Waals surface area contributed by atoms with Crippen molar-refractivity contribution in [3.63, 3.8) is 0 Å². The van der Waals surface area contributed by atoms with Gasteiger partial charge in [-0.1, -0.05) is 26.0 Å². The molecule has 1 aromatic carbocycles. The van der Waals surface area contributed by atoms with Crippen molar-refractivity contribution in [2.45, 2.75) is 64.6 Å². The normalized spacial score (nSPS) is 17.6. The first kappa shape index (κ1) is 24.3. The average molecular weight is 484 g/mol. The molecule has 0 radical (unpaired) electrons. The molecule has 1 fully saturated rings. The molecule has 9 heteroatoms. The predicted octanol–water partition coefficient (Wildman–Crippen LogP) is 4.58. The highest BCUT2D eigenvalue weighted by Gasteiger charge is 2.26. The Morgan fingerprint density at radius 1 is 1.32 bits per heavy atom. The Hall–Kier alpha value is -2.84. The summed E-state index contributed by atoms with van der Waals surface area (Å²) in [6.45, 7) is 10.3. The quantitative estimate of drug-likeness (QED) is 0.350. The number of aromatic nitrogens is 3. The Bertz CT molecular complexity index is 1150. The molecule has 0 saturated carbocycles. The van der Waals surface area contributed by atoms with Crippen LogP contribution in [-0.4, -0.2) is 44.5 Å². The number of hydrogen-bond donors (Lipinski definition) is 4. The molecular weight excluding hydrogens is 450 g/mol. The molecule has 1 amide bonds. The van der Waals surface area contributed by atoms with Crippen molar-refractivity contribution in [2.24, 2.45) is 0 Å². The Labute approximate surface area is 205 Å². The van der Waals surface area contributed by atoms with E-state index >= 15 is 0 Å². The van der Waals surface area contributed by atoms with Crippen LogP contribution in [0.1, 0.15) is 57.6 Å². The average Bonchev–Trinajstić information content (AvgIpc) is 3.23. The van der Waals surface area contributed by atoms with E-state index in [9.17, 15) is 4.79 Å². The minimum absolute atomic E-state index is 0.0707. The van der Waals surface area contributed by atoms with Crippen molar-refractivity contribution in [3.8, 4) is 0 Å². The second-order valence-electron chi connectivity index (χ2n) is 9.90. The highest BCUT2D eigenvalue weighted by Crippen LogP contribution is 2.26. The van der Waals surface area contributed by atoms with Gasteiger partial charge in [-0.3, -0.25) is 4.79 Å². The van der Waals surface area contributed by atoms with Crippen molar-refractivity contribution in [2.75, 3.05) is 28.4 Å². The zero-order chi connectivity index (χ0) is 24.3. The second kappa shape index (κ2) is 10.2. The van der Waals surface area contributed by atoms with Crippen LogP contribution in [-0.2, 0) is 11.3 Å². The van der Waals surface area contributed by atoms with Crippen LogP contribution >= 0.6 is 11.6 Å². The van der Waals surface area contributed by atoms with Crippen LogP contribution in [0.15, 0.2) is 36.5 Å². The lowest BCUT2D eigenvalue weighted by molar-refractivity contribution is -0.113. The number of alkyl halides is 1. The van der Waals surface area contributed by atoms with Gasteiger partial charge in [0.25, 0.3) is 0 Å². The third kappa shape index (κ3) is 5.80. The molecule has 0 spiro atoms. The lowest BCUT2D eigenvalue weighted by Crippen LogP contribution is -2.50. The summed E-state index contributed by atoms with van der Waals surface area (Å²) in [6, 6.07) is 10.1. The predicted molar refractivity (Wildman–Crippen MR) is 139 cm³/mol. The standard InChI is InChI=1S/C25H34ClN7O/c1-16(2)20-15-29-33-22(27-13-17-6-5-7-18(10-17)31-23(34)12-26)11-21(32-24(20)33)30-19-8-9-25(3,4)28-14-19/h5-7,10-11,15-16,19,27-28H,8-9,12-14H2,1-4H3,(H,30,32)(H,31,34). The van der Waals surface area contributed by atoms with Crippen molar-refractivity contribution in [3.05, 3.63) is 47.7 Å². The Morgan fingerprint density at radius 2 is 2.15 bits per heavy atom. The van der Waals surface area contributed by atoms with Gasteiger partial charge in [0.2, 0.25) is 5.91 Å². The Kier molecular flexibility index (Phi) is 7.28. The molecule has 3 aromatic rings. The summed E-state index contributed by atoms with van der Waals surface area (Å²) >= 11 is 5.61. The molecule has 1 aliphatic heterocycles. The van der Waals surface area contributed by atoms with Gasteiger partial charge < -0.3 is 21.3 Å². The number of rotatable bonds is 8. The lowest BCUT2D eigenvalue weighted by Gasteiger charge is -2.36. The maximum Gasteiger partial charge on any atom is 0.239 e. The van der Waals surface area contributed by atoms with Crippen molar-refractivity contribution < 1.29 is 4.79 Å². The van der Waals surface area contributed by atoms with Gasteiger partial charge in [-0.25, -0.2) is 4.98 Å². The summed E-state index contributed by atoms with van der Waals surface area (Å²) in [5.74, 6) is 1.72. The van der Waals surface area contributed by atoms with Gasteiger partial charge in [0.15, 0.2) is 5.65 Å².